The summed E-state index contributed by atoms with van der Waals surface area (Å²) < 4.78 is 0. The molecule has 1 aliphatic carbocycles. The lowest BCUT2D eigenvalue weighted by Gasteiger charge is -2.14. The van der Waals surface area contributed by atoms with Gasteiger partial charge in [-0.1, -0.05) is 12.8 Å². The first kappa shape index (κ1) is 9.12. The summed E-state index contributed by atoms with van der Waals surface area (Å²) in [5.41, 5.74) is 6.50. The van der Waals surface area contributed by atoms with E-state index in [1.54, 1.807) is 6.20 Å². The average molecular weight is 193 g/mol. The summed E-state index contributed by atoms with van der Waals surface area (Å²) in [6.45, 7) is 0. The van der Waals surface area contributed by atoms with Gasteiger partial charge in [-0.05, 0) is 18.9 Å². The molecule has 1 heterocycles. The quantitative estimate of drug-likeness (QED) is 0.663. The SMILES string of the molecule is Nc1c(NC2CCCC2)cc[nH]c1=O. The van der Waals surface area contributed by atoms with Crippen LogP contribution in [-0.2, 0) is 0 Å². The largest absolute Gasteiger partial charge is 0.393 e. The van der Waals surface area contributed by atoms with Gasteiger partial charge in [-0.15, -0.1) is 0 Å². The van der Waals surface area contributed by atoms with E-state index in [1.807, 2.05) is 6.07 Å². The molecule has 4 nitrogen and oxygen atoms in total. The molecule has 76 valence electrons. The lowest BCUT2D eigenvalue weighted by atomic mass is 10.2. The van der Waals surface area contributed by atoms with Crippen LogP contribution in [0.4, 0.5) is 11.4 Å². The van der Waals surface area contributed by atoms with Crippen molar-refractivity contribution in [2.75, 3.05) is 11.1 Å². The molecule has 0 aliphatic heterocycles. The van der Waals surface area contributed by atoms with Gasteiger partial charge in [0.05, 0.1) is 5.69 Å². The standard InChI is InChI=1S/C10H15N3O/c11-9-8(5-6-12-10(9)14)13-7-3-1-2-4-7/h5-7H,1-4,11H2,(H2,12,13,14). The fourth-order valence-electron chi connectivity index (χ4n) is 1.91. The van der Waals surface area contributed by atoms with E-state index in [4.69, 9.17) is 5.73 Å². The molecule has 1 saturated carbocycles. The third-order valence-electron chi connectivity index (χ3n) is 2.71. The zero-order valence-corrected chi connectivity index (χ0v) is 8.05. The van der Waals surface area contributed by atoms with Crippen molar-refractivity contribution in [3.05, 3.63) is 22.6 Å². The summed E-state index contributed by atoms with van der Waals surface area (Å²) in [5.74, 6) is 0. The zero-order valence-electron chi connectivity index (χ0n) is 8.05. The smallest absolute Gasteiger partial charge is 0.273 e. The number of aromatic nitrogens is 1. The maximum Gasteiger partial charge on any atom is 0.273 e. The van der Waals surface area contributed by atoms with E-state index >= 15 is 0 Å². The number of hydrogen-bond donors (Lipinski definition) is 3. The van der Waals surface area contributed by atoms with E-state index in [0.29, 0.717) is 11.7 Å². The number of hydrogen-bond acceptors (Lipinski definition) is 3. The molecular weight excluding hydrogens is 178 g/mol. The number of nitrogens with one attached hydrogen (secondary N) is 2. The first-order valence-corrected chi connectivity index (χ1v) is 5.01. The molecule has 0 atom stereocenters. The minimum atomic E-state index is -0.215. The molecule has 0 unspecified atom stereocenters. The number of nitrogen functional groups attached to an aromatic ring is 1. The summed E-state index contributed by atoms with van der Waals surface area (Å²) in [4.78, 5) is 13.7. The molecule has 1 fully saturated rings. The van der Waals surface area contributed by atoms with Gasteiger partial charge in [0.25, 0.3) is 5.56 Å². The lowest BCUT2D eigenvalue weighted by molar-refractivity contribution is 0.755. The molecule has 4 heteroatoms. The number of pyridine rings is 1. The van der Waals surface area contributed by atoms with E-state index < -0.39 is 0 Å². The molecule has 0 bridgehead atoms. The van der Waals surface area contributed by atoms with Gasteiger partial charge in [0.2, 0.25) is 0 Å². The van der Waals surface area contributed by atoms with E-state index in [9.17, 15) is 4.79 Å². The maximum absolute atomic E-state index is 11.2. The van der Waals surface area contributed by atoms with Gasteiger partial charge in [-0.2, -0.15) is 0 Å². The van der Waals surface area contributed by atoms with Gasteiger partial charge in [0, 0.05) is 12.2 Å². The van der Waals surface area contributed by atoms with Crippen LogP contribution in [0, 0.1) is 0 Å². The van der Waals surface area contributed by atoms with E-state index in [-0.39, 0.29) is 5.56 Å². The number of H-pyrrole nitrogens is 1. The normalized spacial score (nSPS) is 17.1. The average Bonchev–Trinajstić information content (AvgIpc) is 2.66. The van der Waals surface area contributed by atoms with Crippen LogP contribution in [-0.4, -0.2) is 11.0 Å². The summed E-state index contributed by atoms with van der Waals surface area (Å²) >= 11 is 0. The Morgan fingerprint density at radius 3 is 2.86 bits per heavy atom. The second-order valence-electron chi connectivity index (χ2n) is 3.76. The predicted octanol–water partition coefficient (Wildman–Crippen LogP) is 1.31. The number of aromatic amines is 1. The molecule has 14 heavy (non-hydrogen) atoms. The van der Waals surface area contributed by atoms with Crippen molar-refractivity contribution >= 4 is 11.4 Å². The molecule has 1 aliphatic rings. The monoisotopic (exact) mass is 193 g/mol. The number of rotatable bonds is 2. The Hall–Kier alpha value is -1.45. The van der Waals surface area contributed by atoms with E-state index in [2.05, 4.69) is 10.3 Å². The highest BCUT2D eigenvalue weighted by atomic mass is 16.1. The third-order valence-corrected chi connectivity index (χ3v) is 2.71. The number of anilines is 2. The van der Waals surface area contributed by atoms with Crippen molar-refractivity contribution in [1.29, 1.82) is 0 Å². The molecule has 1 aromatic rings. The molecular formula is C10H15N3O. The van der Waals surface area contributed by atoms with Gasteiger partial charge < -0.3 is 16.0 Å². The summed E-state index contributed by atoms with van der Waals surface area (Å²) in [7, 11) is 0. The molecule has 0 spiro atoms. The maximum atomic E-state index is 11.2. The Kier molecular flexibility index (Phi) is 2.43. The molecule has 0 saturated heterocycles. The van der Waals surface area contributed by atoms with Crippen LogP contribution in [0.2, 0.25) is 0 Å². The van der Waals surface area contributed by atoms with Crippen molar-refractivity contribution in [3.8, 4) is 0 Å². The van der Waals surface area contributed by atoms with E-state index in [1.165, 1.54) is 25.7 Å². The van der Waals surface area contributed by atoms with Crippen molar-refractivity contribution in [2.24, 2.45) is 0 Å². The molecule has 1 aromatic heterocycles. The molecule has 2 rings (SSSR count). The first-order chi connectivity index (χ1) is 6.77. The highest BCUT2D eigenvalue weighted by molar-refractivity contribution is 5.64. The second-order valence-corrected chi connectivity index (χ2v) is 3.76. The minimum absolute atomic E-state index is 0.215. The van der Waals surface area contributed by atoms with Crippen molar-refractivity contribution in [1.82, 2.24) is 4.98 Å². The van der Waals surface area contributed by atoms with E-state index in [0.717, 1.165) is 5.69 Å². The Balaban J connectivity index is 2.15. The minimum Gasteiger partial charge on any atom is -0.393 e. The van der Waals surface area contributed by atoms with Gasteiger partial charge in [0.1, 0.15) is 5.69 Å². The lowest BCUT2D eigenvalue weighted by Crippen LogP contribution is -2.19. The molecule has 4 N–H and O–H groups in total. The van der Waals surface area contributed by atoms with Crippen LogP contribution in [0.3, 0.4) is 0 Å². The predicted molar refractivity (Wildman–Crippen MR) is 57.4 cm³/mol. The van der Waals surface area contributed by atoms with Crippen molar-refractivity contribution in [3.63, 3.8) is 0 Å². The Labute approximate surface area is 82.5 Å². The molecule has 0 radical (unpaired) electrons. The fourth-order valence-corrected chi connectivity index (χ4v) is 1.91. The van der Waals surface area contributed by atoms with Gasteiger partial charge in [-0.3, -0.25) is 4.79 Å². The molecule has 0 amide bonds. The number of nitrogens with two attached hydrogens (primary N) is 1. The highest BCUT2D eigenvalue weighted by Gasteiger charge is 2.15. The first-order valence-electron chi connectivity index (χ1n) is 5.01. The Morgan fingerprint density at radius 2 is 2.14 bits per heavy atom. The van der Waals surface area contributed by atoms with Gasteiger partial charge in [0.15, 0.2) is 0 Å². The van der Waals surface area contributed by atoms with Crippen LogP contribution in [0.1, 0.15) is 25.7 Å². The van der Waals surface area contributed by atoms with Crippen LogP contribution < -0.4 is 16.6 Å². The van der Waals surface area contributed by atoms with Crippen LogP contribution >= 0.6 is 0 Å². The summed E-state index contributed by atoms with van der Waals surface area (Å²) in [6, 6.07) is 2.30. The van der Waals surface area contributed by atoms with Crippen molar-refractivity contribution in [2.45, 2.75) is 31.7 Å². The second kappa shape index (κ2) is 3.74. The fraction of sp³-hybridized carbons (Fsp3) is 0.500. The summed E-state index contributed by atoms with van der Waals surface area (Å²) in [5, 5.41) is 3.30. The van der Waals surface area contributed by atoms with Crippen LogP contribution in [0.5, 0.6) is 0 Å². The highest BCUT2D eigenvalue weighted by Crippen LogP contribution is 2.23. The Morgan fingerprint density at radius 1 is 1.43 bits per heavy atom. The summed E-state index contributed by atoms with van der Waals surface area (Å²) in [6.07, 6.45) is 6.50. The Bertz CT molecular complexity index is 366. The van der Waals surface area contributed by atoms with Gasteiger partial charge >= 0.3 is 0 Å². The van der Waals surface area contributed by atoms with Crippen LogP contribution in [0.15, 0.2) is 17.1 Å². The van der Waals surface area contributed by atoms with Gasteiger partial charge in [-0.25, -0.2) is 0 Å². The van der Waals surface area contributed by atoms with Crippen molar-refractivity contribution < 1.29 is 0 Å². The van der Waals surface area contributed by atoms with Crippen LogP contribution in [0.25, 0.3) is 0 Å². The zero-order chi connectivity index (χ0) is 9.97. The topological polar surface area (TPSA) is 70.9 Å². The third kappa shape index (κ3) is 1.73. The molecule has 0 aromatic carbocycles.